The van der Waals surface area contributed by atoms with Gasteiger partial charge in [0.25, 0.3) is 0 Å². The zero-order valence-electron chi connectivity index (χ0n) is 17.3. The molecule has 0 saturated carbocycles. The van der Waals surface area contributed by atoms with Crippen LogP contribution in [0.2, 0.25) is 0 Å². The van der Waals surface area contributed by atoms with Gasteiger partial charge in [-0.1, -0.05) is 54.6 Å². The van der Waals surface area contributed by atoms with Crippen LogP contribution >= 0.6 is 0 Å². The van der Waals surface area contributed by atoms with E-state index in [0.717, 1.165) is 31.0 Å². The van der Waals surface area contributed by atoms with Gasteiger partial charge >= 0.3 is 5.97 Å². The molecule has 1 aliphatic rings. The van der Waals surface area contributed by atoms with Gasteiger partial charge in [0.2, 0.25) is 5.91 Å². The van der Waals surface area contributed by atoms with Gasteiger partial charge < -0.3 is 14.7 Å². The van der Waals surface area contributed by atoms with E-state index in [1.807, 2.05) is 35.2 Å². The molecule has 158 valence electrons. The van der Waals surface area contributed by atoms with Crippen LogP contribution in [-0.2, 0) is 22.6 Å². The molecule has 5 heteroatoms. The first-order valence-corrected chi connectivity index (χ1v) is 10.5. The second-order valence-electron chi connectivity index (χ2n) is 7.74. The van der Waals surface area contributed by atoms with Gasteiger partial charge in [0.15, 0.2) is 0 Å². The van der Waals surface area contributed by atoms with Crippen molar-refractivity contribution in [2.75, 3.05) is 13.2 Å². The maximum atomic E-state index is 11.9. The third-order valence-corrected chi connectivity index (χ3v) is 5.49. The molecule has 31 heavy (non-hydrogen) atoms. The van der Waals surface area contributed by atoms with Crippen LogP contribution in [0.4, 0.5) is 0 Å². The van der Waals surface area contributed by atoms with Gasteiger partial charge in [-0.15, -0.1) is 0 Å². The Bertz CT molecular complexity index is 1140. The highest BCUT2D eigenvalue weighted by molar-refractivity contribution is 5.86. The second-order valence-corrected chi connectivity index (χ2v) is 7.74. The molecule has 0 aromatic heterocycles. The fourth-order valence-electron chi connectivity index (χ4n) is 3.87. The highest BCUT2D eigenvalue weighted by atomic mass is 16.5. The molecule has 0 unspecified atom stereocenters. The molecule has 0 aliphatic carbocycles. The largest absolute Gasteiger partial charge is 0.493 e. The SMILES string of the molecule is O=C(O)C=Cc1ccc(CN2CCCC2=O)cc1OCCc1ccc2ccccc2c1. The summed E-state index contributed by atoms with van der Waals surface area (Å²) in [4.78, 5) is 24.7. The third-order valence-electron chi connectivity index (χ3n) is 5.49. The smallest absolute Gasteiger partial charge is 0.328 e. The Labute approximate surface area is 181 Å². The molecule has 1 aliphatic heterocycles. The fraction of sp³-hybridized carbons (Fsp3) is 0.231. The molecule has 1 fully saturated rings. The lowest BCUT2D eigenvalue weighted by molar-refractivity contribution is -0.131. The molecule has 3 aromatic carbocycles. The molecule has 1 amide bonds. The summed E-state index contributed by atoms with van der Waals surface area (Å²) in [5, 5.41) is 11.4. The van der Waals surface area contributed by atoms with Crippen molar-refractivity contribution in [1.29, 1.82) is 0 Å². The second kappa shape index (κ2) is 9.47. The Morgan fingerprint density at radius 2 is 1.84 bits per heavy atom. The van der Waals surface area contributed by atoms with Crippen LogP contribution in [0.3, 0.4) is 0 Å². The van der Waals surface area contributed by atoms with Crippen molar-refractivity contribution < 1.29 is 19.4 Å². The lowest BCUT2D eigenvalue weighted by Crippen LogP contribution is -2.23. The molecule has 0 bridgehead atoms. The number of fused-ring (bicyclic) bond motifs is 1. The first-order chi connectivity index (χ1) is 15.1. The molecular weight excluding hydrogens is 390 g/mol. The van der Waals surface area contributed by atoms with Crippen molar-refractivity contribution in [3.05, 3.63) is 83.4 Å². The minimum atomic E-state index is -1.01. The monoisotopic (exact) mass is 415 g/mol. The minimum Gasteiger partial charge on any atom is -0.493 e. The number of likely N-dealkylation sites (tertiary alicyclic amines) is 1. The van der Waals surface area contributed by atoms with E-state index >= 15 is 0 Å². The van der Waals surface area contributed by atoms with Crippen molar-refractivity contribution >= 4 is 28.7 Å². The van der Waals surface area contributed by atoms with Crippen molar-refractivity contribution in [3.8, 4) is 5.75 Å². The van der Waals surface area contributed by atoms with Crippen molar-refractivity contribution in [1.82, 2.24) is 4.90 Å². The summed E-state index contributed by atoms with van der Waals surface area (Å²) in [5.41, 5.74) is 2.86. The topological polar surface area (TPSA) is 66.8 Å². The number of carboxylic acid groups (broad SMARTS) is 1. The molecule has 3 aromatic rings. The van der Waals surface area contributed by atoms with Crippen LogP contribution in [0.15, 0.2) is 66.7 Å². The summed E-state index contributed by atoms with van der Waals surface area (Å²) in [6.45, 7) is 1.79. The summed E-state index contributed by atoms with van der Waals surface area (Å²) in [6.07, 6.45) is 4.89. The standard InChI is InChI=1S/C26H25NO4/c28-25-6-3-14-27(25)18-20-8-10-22(11-12-26(29)30)24(17-20)31-15-13-19-7-9-21-4-1-2-5-23(21)16-19/h1-2,4-5,7-12,16-17H,3,6,13-15,18H2,(H,29,30). The Hall–Kier alpha value is -3.60. The van der Waals surface area contributed by atoms with Gasteiger partial charge in [0, 0.05) is 37.6 Å². The quantitative estimate of drug-likeness (QED) is 0.543. The van der Waals surface area contributed by atoms with E-state index in [-0.39, 0.29) is 5.91 Å². The zero-order valence-corrected chi connectivity index (χ0v) is 17.3. The maximum Gasteiger partial charge on any atom is 0.328 e. The van der Waals surface area contributed by atoms with Crippen LogP contribution < -0.4 is 4.74 Å². The van der Waals surface area contributed by atoms with Gasteiger partial charge in [-0.05, 0) is 40.5 Å². The molecule has 0 radical (unpaired) electrons. The number of hydrogen-bond donors (Lipinski definition) is 1. The summed E-state index contributed by atoms with van der Waals surface area (Å²) in [6, 6.07) is 20.3. The molecule has 1 heterocycles. The fourth-order valence-corrected chi connectivity index (χ4v) is 3.87. The van der Waals surface area contributed by atoms with Crippen molar-refractivity contribution in [2.45, 2.75) is 25.8 Å². The number of carboxylic acids is 1. The molecule has 1 saturated heterocycles. The van der Waals surface area contributed by atoms with Gasteiger partial charge in [0.05, 0.1) is 6.61 Å². The third kappa shape index (κ3) is 5.31. The first kappa shape index (κ1) is 20.7. The normalized spacial score (nSPS) is 13.9. The van der Waals surface area contributed by atoms with E-state index in [1.54, 1.807) is 6.08 Å². The number of ether oxygens (including phenoxy) is 1. The zero-order chi connectivity index (χ0) is 21.6. The Balaban J connectivity index is 1.48. The van der Waals surface area contributed by atoms with Crippen LogP contribution in [0.25, 0.3) is 16.8 Å². The average Bonchev–Trinajstić information content (AvgIpc) is 3.17. The van der Waals surface area contributed by atoms with E-state index in [0.29, 0.717) is 30.9 Å². The van der Waals surface area contributed by atoms with Crippen LogP contribution in [0.1, 0.15) is 29.5 Å². The van der Waals surface area contributed by atoms with Gasteiger partial charge in [0.1, 0.15) is 5.75 Å². The molecule has 1 N–H and O–H groups in total. The Morgan fingerprint density at radius 1 is 1.03 bits per heavy atom. The molecule has 5 nitrogen and oxygen atoms in total. The van der Waals surface area contributed by atoms with Crippen molar-refractivity contribution in [2.24, 2.45) is 0 Å². The summed E-state index contributed by atoms with van der Waals surface area (Å²) >= 11 is 0. The number of carbonyl (C=O) groups is 2. The average molecular weight is 415 g/mol. The number of hydrogen-bond acceptors (Lipinski definition) is 3. The molecule has 4 rings (SSSR count). The van der Waals surface area contributed by atoms with Crippen LogP contribution in [0, 0.1) is 0 Å². The Morgan fingerprint density at radius 3 is 2.61 bits per heavy atom. The summed E-state index contributed by atoms with van der Waals surface area (Å²) in [5.74, 6) is -0.204. The number of benzene rings is 3. The Kier molecular flexibility index (Phi) is 6.32. The van der Waals surface area contributed by atoms with E-state index < -0.39 is 5.97 Å². The first-order valence-electron chi connectivity index (χ1n) is 10.5. The van der Waals surface area contributed by atoms with Crippen LogP contribution in [0.5, 0.6) is 5.75 Å². The highest BCUT2D eigenvalue weighted by Crippen LogP contribution is 2.25. The predicted octanol–water partition coefficient (Wildman–Crippen LogP) is 4.68. The number of rotatable bonds is 8. The summed E-state index contributed by atoms with van der Waals surface area (Å²) < 4.78 is 6.07. The van der Waals surface area contributed by atoms with E-state index in [9.17, 15) is 9.59 Å². The lowest BCUT2D eigenvalue weighted by Gasteiger charge is -2.17. The molecule has 0 spiro atoms. The van der Waals surface area contributed by atoms with Gasteiger partial charge in [-0.3, -0.25) is 4.79 Å². The number of amides is 1. The highest BCUT2D eigenvalue weighted by Gasteiger charge is 2.20. The van der Waals surface area contributed by atoms with E-state index in [2.05, 4.69) is 30.3 Å². The predicted molar refractivity (Wildman–Crippen MR) is 121 cm³/mol. The summed E-state index contributed by atoms with van der Waals surface area (Å²) in [7, 11) is 0. The van der Waals surface area contributed by atoms with Crippen molar-refractivity contribution in [3.63, 3.8) is 0 Å². The van der Waals surface area contributed by atoms with Gasteiger partial charge in [-0.2, -0.15) is 0 Å². The van der Waals surface area contributed by atoms with Crippen LogP contribution in [-0.4, -0.2) is 35.0 Å². The van der Waals surface area contributed by atoms with E-state index in [4.69, 9.17) is 9.84 Å². The number of aliphatic carboxylic acids is 1. The number of carbonyl (C=O) groups excluding carboxylic acids is 1. The maximum absolute atomic E-state index is 11.9. The molecular formula is C26H25NO4. The molecule has 0 atom stereocenters. The number of nitrogens with zero attached hydrogens (tertiary/aromatic N) is 1. The minimum absolute atomic E-state index is 0.175. The van der Waals surface area contributed by atoms with E-state index in [1.165, 1.54) is 16.3 Å². The van der Waals surface area contributed by atoms with Gasteiger partial charge in [-0.25, -0.2) is 4.79 Å². The lowest BCUT2D eigenvalue weighted by atomic mass is 10.1.